The zero-order valence-corrected chi connectivity index (χ0v) is 12.6. The van der Waals surface area contributed by atoms with E-state index in [2.05, 4.69) is 10.4 Å². The molecular formula is C16H14N4O4. The number of benzene rings is 1. The maximum absolute atomic E-state index is 12.2. The normalized spacial score (nSPS) is 13.0. The molecule has 1 aliphatic heterocycles. The number of amides is 1. The second-order valence-corrected chi connectivity index (χ2v) is 5.28. The van der Waals surface area contributed by atoms with Crippen molar-refractivity contribution in [3.63, 3.8) is 0 Å². The summed E-state index contributed by atoms with van der Waals surface area (Å²) in [6.07, 6.45) is 1.61. The van der Waals surface area contributed by atoms with Crippen LogP contribution in [-0.2, 0) is 11.3 Å². The molecule has 24 heavy (non-hydrogen) atoms. The first-order valence-electron chi connectivity index (χ1n) is 7.44. The Morgan fingerprint density at radius 2 is 2.00 bits per heavy atom. The minimum atomic E-state index is -0.358. The summed E-state index contributed by atoms with van der Waals surface area (Å²) < 4.78 is 13.4. The van der Waals surface area contributed by atoms with Crippen molar-refractivity contribution >= 4 is 17.2 Å². The van der Waals surface area contributed by atoms with Crippen molar-refractivity contribution in [1.29, 1.82) is 0 Å². The van der Waals surface area contributed by atoms with Crippen LogP contribution in [-0.4, -0.2) is 33.3 Å². The maximum atomic E-state index is 12.2. The number of carbonyl (C=O) groups excluding carboxylic acids is 1. The van der Waals surface area contributed by atoms with E-state index >= 15 is 0 Å². The molecule has 1 aromatic carbocycles. The van der Waals surface area contributed by atoms with Crippen molar-refractivity contribution in [1.82, 2.24) is 14.2 Å². The van der Waals surface area contributed by atoms with Gasteiger partial charge in [-0.2, -0.15) is 0 Å². The highest BCUT2D eigenvalue weighted by atomic mass is 16.6. The molecule has 1 aliphatic rings. The van der Waals surface area contributed by atoms with Crippen LogP contribution in [0.5, 0.6) is 11.5 Å². The van der Waals surface area contributed by atoms with E-state index in [9.17, 15) is 9.59 Å². The molecule has 0 saturated carbocycles. The molecule has 0 fully saturated rings. The second kappa shape index (κ2) is 5.73. The Hall–Kier alpha value is -3.29. The fourth-order valence-electron chi connectivity index (χ4n) is 2.53. The van der Waals surface area contributed by atoms with Crippen LogP contribution in [0.1, 0.15) is 0 Å². The number of fused-ring (bicyclic) bond motifs is 2. The lowest BCUT2D eigenvalue weighted by Gasteiger charge is -2.18. The quantitative estimate of drug-likeness (QED) is 0.773. The molecule has 1 amide bonds. The minimum Gasteiger partial charge on any atom is -0.486 e. The Morgan fingerprint density at radius 1 is 1.17 bits per heavy atom. The Morgan fingerprint density at radius 3 is 2.83 bits per heavy atom. The molecule has 8 heteroatoms. The molecule has 0 bridgehead atoms. The summed E-state index contributed by atoms with van der Waals surface area (Å²) in [4.78, 5) is 24.3. The van der Waals surface area contributed by atoms with Gasteiger partial charge < -0.3 is 14.8 Å². The molecule has 0 aliphatic carbocycles. The van der Waals surface area contributed by atoms with E-state index < -0.39 is 0 Å². The topological polar surface area (TPSA) is 86.9 Å². The molecule has 0 saturated heterocycles. The second-order valence-electron chi connectivity index (χ2n) is 5.28. The van der Waals surface area contributed by atoms with Gasteiger partial charge in [-0.05, 0) is 24.3 Å². The molecule has 122 valence electrons. The average molecular weight is 326 g/mol. The van der Waals surface area contributed by atoms with E-state index in [1.807, 2.05) is 0 Å². The van der Waals surface area contributed by atoms with E-state index in [0.29, 0.717) is 36.0 Å². The van der Waals surface area contributed by atoms with Crippen LogP contribution in [0.4, 0.5) is 5.69 Å². The zero-order chi connectivity index (χ0) is 16.5. The van der Waals surface area contributed by atoms with Crippen molar-refractivity contribution in [3.8, 4) is 11.5 Å². The lowest BCUT2D eigenvalue weighted by molar-refractivity contribution is -0.117. The van der Waals surface area contributed by atoms with E-state index in [1.54, 1.807) is 42.6 Å². The average Bonchev–Trinajstić information content (AvgIpc) is 2.91. The predicted molar refractivity (Wildman–Crippen MR) is 85.5 cm³/mol. The summed E-state index contributed by atoms with van der Waals surface area (Å²) in [5.74, 6) is 0.886. The van der Waals surface area contributed by atoms with Gasteiger partial charge in [-0.3, -0.25) is 9.20 Å². The highest BCUT2D eigenvalue weighted by Gasteiger charge is 2.14. The standard InChI is InChI=1S/C16H14N4O4/c21-15(10-20-16(22)19-6-2-1-3-14(19)18-20)17-11-4-5-12-13(9-11)24-8-7-23-12/h1-6,9H,7-8,10H2,(H,17,21). The molecule has 3 aromatic rings. The van der Waals surface area contributed by atoms with Gasteiger partial charge in [0.1, 0.15) is 19.8 Å². The number of nitrogens with zero attached hydrogens (tertiary/aromatic N) is 3. The number of hydrogen-bond acceptors (Lipinski definition) is 5. The van der Waals surface area contributed by atoms with Gasteiger partial charge in [0.05, 0.1) is 0 Å². The smallest absolute Gasteiger partial charge is 0.350 e. The lowest BCUT2D eigenvalue weighted by atomic mass is 10.2. The summed E-state index contributed by atoms with van der Waals surface area (Å²) in [5, 5.41) is 6.85. The van der Waals surface area contributed by atoms with Crippen LogP contribution in [0, 0.1) is 0 Å². The molecule has 3 heterocycles. The predicted octanol–water partition coefficient (Wildman–Crippen LogP) is 0.906. The monoisotopic (exact) mass is 326 g/mol. The molecule has 2 aromatic heterocycles. The third-order valence-corrected chi connectivity index (χ3v) is 3.61. The first-order valence-corrected chi connectivity index (χ1v) is 7.44. The first-order chi connectivity index (χ1) is 11.7. The van der Waals surface area contributed by atoms with E-state index in [1.165, 1.54) is 4.40 Å². The number of pyridine rings is 1. The molecule has 1 N–H and O–H groups in total. The van der Waals surface area contributed by atoms with Gasteiger partial charge in [-0.15, -0.1) is 5.10 Å². The van der Waals surface area contributed by atoms with E-state index in [-0.39, 0.29) is 18.1 Å². The van der Waals surface area contributed by atoms with Gasteiger partial charge in [0.25, 0.3) is 0 Å². The van der Waals surface area contributed by atoms with Crippen LogP contribution in [0.25, 0.3) is 5.65 Å². The summed E-state index contributed by atoms with van der Waals surface area (Å²) in [5.41, 5.74) is 0.707. The summed E-state index contributed by atoms with van der Waals surface area (Å²) >= 11 is 0. The van der Waals surface area contributed by atoms with Crippen LogP contribution in [0.3, 0.4) is 0 Å². The Kier molecular flexibility index (Phi) is 3.42. The molecule has 0 spiro atoms. The Labute approximate surface area is 136 Å². The molecule has 8 nitrogen and oxygen atoms in total. The summed E-state index contributed by atoms with van der Waals surface area (Å²) in [6, 6.07) is 10.4. The number of rotatable bonds is 3. The summed E-state index contributed by atoms with van der Waals surface area (Å²) in [7, 11) is 0. The molecule has 0 radical (unpaired) electrons. The van der Waals surface area contributed by atoms with Gasteiger partial charge >= 0.3 is 5.69 Å². The fourth-order valence-corrected chi connectivity index (χ4v) is 2.53. The Balaban J connectivity index is 1.52. The molecule has 4 rings (SSSR count). The first kappa shape index (κ1) is 14.3. The highest BCUT2D eigenvalue weighted by Crippen LogP contribution is 2.32. The van der Waals surface area contributed by atoms with E-state index in [0.717, 1.165) is 4.68 Å². The van der Waals surface area contributed by atoms with Crippen LogP contribution < -0.4 is 20.5 Å². The van der Waals surface area contributed by atoms with Crippen molar-refractivity contribution in [2.75, 3.05) is 18.5 Å². The highest BCUT2D eigenvalue weighted by molar-refractivity contribution is 5.90. The maximum Gasteiger partial charge on any atom is 0.350 e. The fraction of sp³-hybridized carbons (Fsp3) is 0.188. The Bertz CT molecular complexity index is 976. The van der Waals surface area contributed by atoms with Crippen molar-refractivity contribution in [2.24, 2.45) is 0 Å². The number of nitrogens with one attached hydrogen (secondary N) is 1. The number of hydrogen-bond donors (Lipinski definition) is 1. The number of carbonyl (C=O) groups is 1. The summed E-state index contributed by atoms with van der Waals surface area (Å²) in [6.45, 7) is 0.811. The largest absolute Gasteiger partial charge is 0.486 e. The van der Waals surface area contributed by atoms with E-state index in [4.69, 9.17) is 9.47 Å². The third-order valence-electron chi connectivity index (χ3n) is 3.61. The van der Waals surface area contributed by atoms with Crippen molar-refractivity contribution in [2.45, 2.75) is 6.54 Å². The number of aromatic nitrogens is 3. The zero-order valence-electron chi connectivity index (χ0n) is 12.6. The van der Waals surface area contributed by atoms with Gasteiger partial charge in [0, 0.05) is 18.0 Å². The van der Waals surface area contributed by atoms with Gasteiger partial charge in [0.2, 0.25) is 5.91 Å². The van der Waals surface area contributed by atoms with Crippen LogP contribution in [0.2, 0.25) is 0 Å². The molecule has 0 atom stereocenters. The minimum absolute atomic E-state index is 0.172. The van der Waals surface area contributed by atoms with Crippen LogP contribution in [0.15, 0.2) is 47.4 Å². The number of ether oxygens (including phenoxy) is 2. The SMILES string of the molecule is O=C(Cn1nc2ccccn2c1=O)Nc1ccc2c(c1)OCCO2. The lowest BCUT2D eigenvalue weighted by Crippen LogP contribution is -2.28. The van der Waals surface area contributed by atoms with Gasteiger partial charge in [0.15, 0.2) is 17.1 Å². The van der Waals surface area contributed by atoms with Gasteiger partial charge in [-0.1, -0.05) is 6.07 Å². The third kappa shape index (κ3) is 2.58. The molecular weight excluding hydrogens is 312 g/mol. The van der Waals surface area contributed by atoms with Crippen molar-refractivity contribution in [3.05, 3.63) is 53.1 Å². The van der Waals surface area contributed by atoms with Crippen molar-refractivity contribution < 1.29 is 14.3 Å². The van der Waals surface area contributed by atoms with Gasteiger partial charge in [-0.25, -0.2) is 9.48 Å². The number of anilines is 1. The molecule has 0 unspecified atom stereocenters. The van der Waals surface area contributed by atoms with Crippen LogP contribution >= 0.6 is 0 Å².